The Hall–Kier alpha value is -2.68. The van der Waals surface area contributed by atoms with E-state index in [1.165, 1.54) is 0 Å². The van der Waals surface area contributed by atoms with Gasteiger partial charge in [-0.1, -0.05) is 50.3 Å². The summed E-state index contributed by atoms with van der Waals surface area (Å²) in [5.41, 5.74) is 2.93. The highest BCUT2D eigenvalue weighted by molar-refractivity contribution is 5.75. The molecule has 3 heteroatoms. The topological polar surface area (TPSA) is 38.7 Å². The van der Waals surface area contributed by atoms with E-state index in [-0.39, 0.29) is 5.75 Å². The van der Waals surface area contributed by atoms with Gasteiger partial charge in [0.2, 0.25) is 0 Å². The minimum atomic E-state index is 0.261. The lowest BCUT2D eigenvalue weighted by atomic mass is 10.0. The summed E-state index contributed by atoms with van der Waals surface area (Å²) in [6.07, 6.45) is 8.13. The maximum atomic E-state index is 9.33. The van der Waals surface area contributed by atoms with Crippen LogP contribution in [0.15, 0.2) is 42.5 Å². The van der Waals surface area contributed by atoms with Crippen molar-refractivity contribution in [2.24, 2.45) is 5.92 Å². The van der Waals surface area contributed by atoms with E-state index in [1.807, 2.05) is 42.5 Å². The van der Waals surface area contributed by atoms with Gasteiger partial charge >= 0.3 is 0 Å². The van der Waals surface area contributed by atoms with E-state index in [2.05, 4.69) is 19.9 Å². The smallest absolute Gasteiger partial charge is 0.130 e. The molecule has 24 heavy (non-hydrogen) atoms. The van der Waals surface area contributed by atoms with Crippen LogP contribution in [0.25, 0.3) is 18.2 Å². The highest BCUT2D eigenvalue weighted by atomic mass is 16.5. The largest absolute Gasteiger partial charge is 0.508 e. The summed E-state index contributed by atoms with van der Waals surface area (Å²) < 4.78 is 11.1. The molecule has 0 saturated heterocycles. The molecular weight excluding hydrogens is 300 g/mol. The Balaban J connectivity index is 2.36. The summed E-state index contributed by atoms with van der Waals surface area (Å²) >= 11 is 0. The number of benzene rings is 2. The highest BCUT2D eigenvalue weighted by Crippen LogP contribution is 2.33. The summed E-state index contributed by atoms with van der Waals surface area (Å²) in [6, 6.07) is 11.0. The van der Waals surface area contributed by atoms with Crippen molar-refractivity contribution in [1.82, 2.24) is 0 Å². The van der Waals surface area contributed by atoms with Gasteiger partial charge in [-0.05, 0) is 41.3 Å². The van der Waals surface area contributed by atoms with E-state index in [1.54, 1.807) is 26.4 Å². The average molecular weight is 324 g/mol. The standard InChI is InChI=1S/C21H24O3/c1-15(2)5-12-19-20(23-3)13-17(14-21(19)24-4)7-6-16-8-10-18(22)11-9-16/h5-15,22H,1-4H3. The second-order valence-electron chi connectivity index (χ2n) is 5.87. The van der Waals surface area contributed by atoms with Gasteiger partial charge in [-0.25, -0.2) is 0 Å². The molecule has 0 heterocycles. The van der Waals surface area contributed by atoms with Crippen LogP contribution in [0.3, 0.4) is 0 Å². The number of hydrogen-bond donors (Lipinski definition) is 1. The van der Waals surface area contributed by atoms with Gasteiger partial charge in [-0.2, -0.15) is 0 Å². The van der Waals surface area contributed by atoms with Crippen molar-refractivity contribution < 1.29 is 14.6 Å². The van der Waals surface area contributed by atoms with Gasteiger partial charge in [0.05, 0.1) is 19.8 Å². The predicted molar refractivity (Wildman–Crippen MR) is 100 cm³/mol. The zero-order chi connectivity index (χ0) is 17.5. The first-order chi connectivity index (χ1) is 11.5. The fraction of sp³-hybridized carbons (Fsp3) is 0.238. The third-order valence-electron chi connectivity index (χ3n) is 3.58. The molecule has 0 spiro atoms. The van der Waals surface area contributed by atoms with E-state index in [9.17, 15) is 5.11 Å². The van der Waals surface area contributed by atoms with Gasteiger partial charge in [0.15, 0.2) is 0 Å². The number of ether oxygens (including phenoxy) is 2. The number of methoxy groups -OCH3 is 2. The van der Waals surface area contributed by atoms with Gasteiger partial charge in [0.1, 0.15) is 17.2 Å². The van der Waals surface area contributed by atoms with Gasteiger partial charge < -0.3 is 14.6 Å². The lowest BCUT2D eigenvalue weighted by molar-refractivity contribution is 0.392. The maximum absolute atomic E-state index is 9.33. The number of aromatic hydroxyl groups is 1. The molecular formula is C21H24O3. The van der Waals surface area contributed by atoms with Crippen LogP contribution in [0, 0.1) is 5.92 Å². The van der Waals surface area contributed by atoms with Gasteiger partial charge in [0.25, 0.3) is 0 Å². The van der Waals surface area contributed by atoms with E-state index >= 15 is 0 Å². The highest BCUT2D eigenvalue weighted by Gasteiger charge is 2.09. The third-order valence-corrected chi connectivity index (χ3v) is 3.58. The van der Waals surface area contributed by atoms with Gasteiger partial charge in [-0.15, -0.1) is 0 Å². The van der Waals surface area contributed by atoms with Gasteiger partial charge in [-0.3, -0.25) is 0 Å². The Morgan fingerprint density at radius 2 is 1.38 bits per heavy atom. The summed E-state index contributed by atoms with van der Waals surface area (Å²) in [7, 11) is 3.32. The quantitative estimate of drug-likeness (QED) is 0.738. The number of allylic oxidation sites excluding steroid dienone is 1. The first-order valence-corrected chi connectivity index (χ1v) is 7.95. The van der Waals surface area contributed by atoms with E-state index in [0.717, 1.165) is 28.2 Å². The average Bonchev–Trinajstić information content (AvgIpc) is 2.58. The second-order valence-corrected chi connectivity index (χ2v) is 5.87. The summed E-state index contributed by atoms with van der Waals surface area (Å²) in [4.78, 5) is 0. The lowest BCUT2D eigenvalue weighted by Gasteiger charge is -2.12. The Morgan fingerprint density at radius 3 is 1.88 bits per heavy atom. The molecule has 0 amide bonds. The van der Waals surface area contributed by atoms with Crippen LogP contribution in [-0.4, -0.2) is 19.3 Å². The van der Waals surface area contributed by atoms with Crippen LogP contribution in [-0.2, 0) is 0 Å². The molecule has 0 aliphatic heterocycles. The zero-order valence-electron chi connectivity index (χ0n) is 14.6. The van der Waals surface area contributed by atoms with Crippen molar-refractivity contribution in [3.63, 3.8) is 0 Å². The van der Waals surface area contributed by atoms with E-state index < -0.39 is 0 Å². The van der Waals surface area contributed by atoms with E-state index in [4.69, 9.17) is 9.47 Å². The number of hydrogen-bond acceptors (Lipinski definition) is 3. The molecule has 0 saturated carbocycles. The summed E-state index contributed by atoms with van der Waals surface area (Å²) in [5.74, 6) is 2.26. The predicted octanol–water partition coefficient (Wildman–Crippen LogP) is 5.25. The van der Waals surface area contributed by atoms with Crippen molar-refractivity contribution in [1.29, 1.82) is 0 Å². The van der Waals surface area contributed by atoms with Crippen LogP contribution < -0.4 is 9.47 Å². The molecule has 2 aromatic rings. The molecule has 2 aromatic carbocycles. The molecule has 0 bridgehead atoms. The summed E-state index contributed by atoms with van der Waals surface area (Å²) in [5, 5.41) is 9.33. The van der Waals surface area contributed by atoms with Crippen molar-refractivity contribution in [2.45, 2.75) is 13.8 Å². The molecule has 0 fully saturated rings. The Labute approximate surface area is 143 Å². The molecule has 0 radical (unpaired) electrons. The van der Waals surface area contributed by atoms with Crippen molar-refractivity contribution in [3.8, 4) is 17.2 Å². The molecule has 1 N–H and O–H groups in total. The minimum absolute atomic E-state index is 0.261. The molecule has 0 atom stereocenters. The van der Waals surface area contributed by atoms with Crippen molar-refractivity contribution in [3.05, 3.63) is 59.2 Å². The number of rotatable bonds is 6. The number of phenolic OH excluding ortho intramolecular Hbond substituents is 1. The van der Waals surface area contributed by atoms with Gasteiger partial charge in [0, 0.05) is 0 Å². The zero-order valence-corrected chi connectivity index (χ0v) is 14.6. The third kappa shape index (κ3) is 4.66. The van der Waals surface area contributed by atoms with Crippen molar-refractivity contribution in [2.75, 3.05) is 14.2 Å². The molecule has 126 valence electrons. The van der Waals surface area contributed by atoms with Crippen LogP contribution in [0.1, 0.15) is 30.5 Å². The first-order valence-electron chi connectivity index (χ1n) is 7.95. The first kappa shape index (κ1) is 17.7. The van der Waals surface area contributed by atoms with Crippen LogP contribution in [0.2, 0.25) is 0 Å². The molecule has 0 aliphatic rings. The minimum Gasteiger partial charge on any atom is -0.508 e. The van der Waals surface area contributed by atoms with Crippen LogP contribution in [0.4, 0.5) is 0 Å². The molecule has 3 nitrogen and oxygen atoms in total. The van der Waals surface area contributed by atoms with E-state index in [0.29, 0.717) is 5.92 Å². The Bertz CT molecular complexity index is 700. The Morgan fingerprint density at radius 1 is 0.833 bits per heavy atom. The second kappa shape index (κ2) is 8.25. The fourth-order valence-corrected chi connectivity index (χ4v) is 2.29. The molecule has 0 aromatic heterocycles. The fourth-order valence-electron chi connectivity index (χ4n) is 2.29. The SMILES string of the molecule is COc1cc(C=Cc2ccc(O)cc2)cc(OC)c1C=CC(C)C. The monoisotopic (exact) mass is 324 g/mol. The Kier molecular flexibility index (Phi) is 6.07. The van der Waals surface area contributed by atoms with Crippen LogP contribution >= 0.6 is 0 Å². The molecule has 0 unspecified atom stereocenters. The van der Waals surface area contributed by atoms with Crippen molar-refractivity contribution >= 4 is 18.2 Å². The normalized spacial score (nSPS) is 11.5. The number of phenols is 1. The maximum Gasteiger partial charge on any atom is 0.130 e. The molecule has 2 rings (SSSR count). The van der Waals surface area contributed by atoms with Crippen LogP contribution in [0.5, 0.6) is 17.2 Å². The lowest BCUT2D eigenvalue weighted by Crippen LogP contribution is -1.94. The molecule has 0 aliphatic carbocycles. The summed E-state index contributed by atoms with van der Waals surface area (Å²) in [6.45, 7) is 4.26.